The van der Waals surface area contributed by atoms with Crippen LogP contribution in [0.1, 0.15) is 54.1 Å². The van der Waals surface area contributed by atoms with Gasteiger partial charge in [-0.15, -0.1) is 5.06 Å². The summed E-state index contributed by atoms with van der Waals surface area (Å²) in [7, 11) is 0. The summed E-state index contributed by atoms with van der Waals surface area (Å²) < 4.78 is 0. The molecule has 0 radical (unpaired) electrons. The van der Waals surface area contributed by atoms with Gasteiger partial charge in [0.25, 0.3) is 11.8 Å². The first-order valence-electron chi connectivity index (χ1n) is 7.31. The van der Waals surface area contributed by atoms with E-state index in [1.807, 2.05) is 41.5 Å². The zero-order chi connectivity index (χ0) is 16.5. The first-order valence-corrected chi connectivity index (χ1v) is 7.31. The van der Waals surface area contributed by atoms with Crippen LogP contribution in [-0.2, 0) is 0 Å². The third kappa shape index (κ3) is 1.50. The highest BCUT2D eigenvalue weighted by Crippen LogP contribution is 2.40. The van der Waals surface area contributed by atoms with Crippen molar-refractivity contribution in [3.8, 4) is 0 Å². The van der Waals surface area contributed by atoms with Crippen molar-refractivity contribution < 1.29 is 14.8 Å². The largest absolute Gasteiger partial charge is 0.285 e. The number of rotatable bonds is 0. The summed E-state index contributed by atoms with van der Waals surface area (Å²) in [4.78, 5) is 24.9. The zero-order valence-electron chi connectivity index (χ0n) is 13.7. The molecule has 4 nitrogen and oxygen atoms in total. The Morgan fingerprint density at radius 1 is 0.591 bits per heavy atom. The van der Waals surface area contributed by atoms with Gasteiger partial charge in [0.15, 0.2) is 0 Å². The van der Waals surface area contributed by atoms with E-state index in [-0.39, 0.29) is 5.06 Å². The summed E-state index contributed by atoms with van der Waals surface area (Å²) in [6.07, 6.45) is 0. The fraction of sp³-hybridized carbons (Fsp3) is 0.333. The minimum Gasteiger partial charge on any atom is -0.278 e. The number of carbonyl (C=O) groups excluding carboxylic acids is 2. The summed E-state index contributed by atoms with van der Waals surface area (Å²) in [5.74, 6) is -1.27. The van der Waals surface area contributed by atoms with E-state index >= 15 is 0 Å². The summed E-state index contributed by atoms with van der Waals surface area (Å²) in [6, 6.07) is 0. The summed E-state index contributed by atoms with van der Waals surface area (Å²) >= 11 is 0. The second-order valence-electron chi connectivity index (χ2n) is 6.17. The fourth-order valence-corrected chi connectivity index (χ4v) is 3.56. The van der Waals surface area contributed by atoms with E-state index in [0.29, 0.717) is 16.5 Å². The highest BCUT2D eigenvalue weighted by molar-refractivity contribution is 6.27. The minimum atomic E-state index is -0.634. The van der Waals surface area contributed by atoms with E-state index in [4.69, 9.17) is 0 Å². The Morgan fingerprint density at radius 2 is 0.955 bits per heavy atom. The molecule has 0 saturated heterocycles. The molecule has 0 aliphatic carbocycles. The number of hydrogen-bond acceptors (Lipinski definition) is 3. The third-order valence-electron chi connectivity index (χ3n) is 5.31. The minimum absolute atomic E-state index is 0.251. The van der Waals surface area contributed by atoms with Gasteiger partial charge >= 0.3 is 0 Å². The van der Waals surface area contributed by atoms with E-state index in [1.54, 1.807) is 0 Å². The molecule has 4 heteroatoms. The molecule has 0 fully saturated rings. The van der Waals surface area contributed by atoms with Crippen molar-refractivity contribution in [3.05, 3.63) is 44.5 Å². The predicted octanol–water partition coefficient (Wildman–Crippen LogP) is 3.68. The van der Waals surface area contributed by atoms with Gasteiger partial charge < -0.3 is 0 Å². The standard InChI is InChI=1S/C18H19NO3/c1-7-9(3)13-10(4)8(2)12(6)15-16(13)14(11(7)5)17(20)19(22)18(15)21/h22H,1-6H3. The Kier molecular flexibility index (Phi) is 2.94. The molecule has 2 aromatic rings. The van der Waals surface area contributed by atoms with E-state index in [9.17, 15) is 14.8 Å². The highest BCUT2D eigenvalue weighted by atomic mass is 16.5. The second-order valence-corrected chi connectivity index (χ2v) is 6.17. The first-order chi connectivity index (χ1) is 10.2. The van der Waals surface area contributed by atoms with Crippen LogP contribution in [0, 0.1) is 41.5 Å². The van der Waals surface area contributed by atoms with Crippen molar-refractivity contribution >= 4 is 22.6 Å². The van der Waals surface area contributed by atoms with Gasteiger partial charge in [-0.25, -0.2) is 0 Å². The Bertz CT molecular complexity index is 825. The Hall–Kier alpha value is -2.20. The van der Waals surface area contributed by atoms with Crippen molar-refractivity contribution in [2.24, 2.45) is 0 Å². The lowest BCUT2D eigenvalue weighted by molar-refractivity contribution is -0.0378. The van der Waals surface area contributed by atoms with E-state index in [0.717, 1.165) is 38.8 Å². The zero-order valence-corrected chi connectivity index (χ0v) is 13.7. The molecule has 0 unspecified atom stereocenters. The number of imide groups is 1. The van der Waals surface area contributed by atoms with Gasteiger partial charge in [0.05, 0.1) is 11.1 Å². The van der Waals surface area contributed by atoms with Crippen LogP contribution in [0.3, 0.4) is 0 Å². The summed E-state index contributed by atoms with van der Waals surface area (Å²) in [5.41, 5.74) is 6.76. The highest BCUT2D eigenvalue weighted by Gasteiger charge is 2.36. The van der Waals surface area contributed by atoms with Crippen LogP contribution < -0.4 is 0 Å². The second kappa shape index (κ2) is 4.40. The molecule has 1 aliphatic rings. The molecule has 1 heterocycles. The fourth-order valence-electron chi connectivity index (χ4n) is 3.56. The average Bonchev–Trinajstić information content (AvgIpc) is 2.48. The smallest absolute Gasteiger partial charge is 0.278 e. The number of nitrogens with zero attached hydrogens (tertiary/aromatic N) is 1. The quantitative estimate of drug-likeness (QED) is 0.596. The molecule has 0 aromatic heterocycles. The summed E-state index contributed by atoms with van der Waals surface area (Å²) in [5, 5.41) is 11.9. The van der Waals surface area contributed by atoms with Crippen LogP contribution in [0.5, 0.6) is 0 Å². The van der Waals surface area contributed by atoms with Crippen LogP contribution in [0.2, 0.25) is 0 Å². The lowest BCUT2D eigenvalue weighted by Crippen LogP contribution is -2.39. The topological polar surface area (TPSA) is 57.6 Å². The molecule has 114 valence electrons. The first kappa shape index (κ1) is 14.7. The van der Waals surface area contributed by atoms with Gasteiger partial charge in [-0.05, 0) is 80.3 Å². The van der Waals surface area contributed by atoms with Gasteiger partial charge in [-0.2, -0.15) is 0 Å². The van der Waals surface area contributed by atoms with Crippen molar-refractivity contribution in [1.29, 1.82) is 0 Å². The third-order valence-corrected chi connectivity index (χ3v) is 5.31. The molecular formula is C18H19NO3. The number of hydrogen-bond donors (Lipinski definition) is 1. The molecule has 2 aromatic carbocycles. The summed E-state index contributed by atoms with van der Waals surface area (Å²) in [6.45, 7) is 11.7. The predicted molar refractivity (Wildman–Crippen MR) is 84.7 cm³/mol. The number of carbonyl (C=O) groups is 2. The molecule has 0 spiro atoms. The molecular weight excluding hydrogens is 278 g/mol. The lowest BCUT2D eigenvalue weighted by atomic mass is 9.80. The van der Waals surface area contributed by atoms with Crippen molar-refractivity contribution in [2.45, 2.75) is 41.5 Å². The van der Waals surface area contributed by atoms with E-state index < -0.39 is 11.8 Å². The molecule has 1 N–H and O–H groups in total. The molecule has 0 atom stereocenters. The number of aryl methyl sites for hydroxylation is 2. The van der Waals surface area contributed by atoms with Crippen LogP contribution in [0.15, 0.2) is 0 Å². The molecule has 2 amide bonds. The molecule has 22 heavy (non-hydrogen) atoms. The molecule has 0 saturated carbocycles. The van der Waals surface area contributed by atoms with E-state index in [1.165, 1.54) is 0 Å². The van der Waals surface area contributed by atoms with Crippen LogP contribution in [-0.4, -0.2) is 22.1 Å². The number of benzene rings is 2. The van der Waals surface area contributed by atoms with Gasteiger partial charge in [0.1, 0.15) is 0 Å². The molecule has 3 rings (SSSR count). The Labute approximate surface area is 129 Å². The Morgan fingerprint density at radius 3 is 1.32 bits per heavy atom. The van der Waals surface area contributed by atoms with Crippen LogP contribution >= 0.6 is 0 Å². The SMILES string of the molecule is Cc1c(C)c2c3c(c(C)c(C)c(C)c3c1C)C(=O)N(O)C2=O. The average molecular weight is 297 g/mol. The lowest BCUT2D eigenvalue weighted by Gasteiger charge is -2.28. The Balaban J connectivity index is 2.75. The van der Waals surface area contributed by atoms with Crippen LogP contribution in [0.25, 0.3) is 10.8 Å². The van der Waals surface area contributed by atoms with Crippen molar-refractivity contribution in [1.82, 2.24) is 5.06 Å². The van der Waals surface area contributed by atoms with Gasteiger partial charge in [0.2, 0.25) is 0 Å². The monoisotopic (exact) mass is 297 g/mol. The normalized spacial score (nSPS) is 14.2. The number of hydroxylamine groups is 2. The van der Waals surface area contributed by atoms with Gasteiger partial charge in [0, 0.05) is 5.39 Å². The van der Waals surface area contributed by atoms with Gasteiger partial charge in [-0.1, -0.05) is 0 Å². The van der Waals surface area contributed by atoms with Gasteiger partial charge in [-0.3, -0.25) is 14.8 Å². The number of amides is 2. The maximum atomic E-state index is 12.5. The van der Waals surface area contributed by atoms with Crippen molar-refractivity contribution in [3.63, 3.8) is 0 Å². The molecule has 1 aliphatic heterocycles. The van der Waals surface area contributed by atoms with Crippen molar-refractivity contribution in [2.75, 3.05) is 0 Å². The maximum Gasteiger partial charge on any atom is 0.285 e. The van der Waals surface area contributed by atoms with E-state index in [2.05, 4.69) is 0 Å². The molecule has 0 bridgehead atoms. The maximum absolute atomic E-state index is 12.5. The van der Waals surface area contributed by atoms with Crippen LogP contribution in [0.4, 0.5) is 0 Å².